The van der Waals surface area contributed by atoms with Gasteiger partial charge in [-0.2, -0.15) is 0 Å². The Bertz CT molecular complexity index is 582. The molecule has 0 aliphatic heterocycles. The second-order valence-electron chi connectivity index (χ2n) is 6.08. The highest BCUT2D eigenvalue weighted by molar-refractivity contribution is 5.86. The zero-order valence-electron chi connectivity index (χ0n) is 15.5. The molecule has 1 rings (SSSR count). The van der Waals surface area contributed by atoms with E-state index >= 15 is 0 Å². The molecule has 0 spiro atoms. The highest BCUT2D eigenvalue weighted by Crippen LogP contribution is 2.04. The van der Waals surface area contributed by atoms with Crippen LogP contribution in [0.3, 0.4) is 0 Å². The Morgan fingerprint density at radius 3 is 2.62 bits per heavy atom. The summed E-state index contributed by atoms with van der Waals surface area (Å²) < 4.78 is 5.17. The minimum Gasteiger partial charge on any atom is -0.450 e. The Balaban J connectivity index is 2.43. The van der Waals surface area contributed by atoms with Gasteiger partial charge in [0.25, 0.3) is 0 Å². The summed E-state index contributed by atoms with van der Waals surface area (Å²) in [5, 5.41) is 2.72. The average Bonchev–Trinajstić information content (AvgIpc) is 2.63. The van der Waals surface area contributed by atoms with Crippen LogP contribution in [0.25, 0.3) is 0 Å². The number of rotatable bonds is 12. The molecular formula is C21H30N2O3. The molecule has 1 aromatic carbocycles. The van der Waals surface area contributed by atoms with Gasteiger partial charge >= 0.3 is 6.09 Å². The molecular weight excluding hydrogens is 328 g/mol. The third-order valence-electron chi connectivity index (χ3n) is 3.77. The van der Waals surface area contributed by atoms with Gasteiger partial charge in [-0.05, 0) is 24.8 Å². The topological polar surface area (TPSA) is 81.4 Å². The van der Waals surface area contributed by atoms with Crippen LogP contribution in [0.5, 0.6) is 0 Å². The quantitative estimate of drug-likeness (QED) is 0.338. The van der Waals surface area contributed by atoms with Crippen molar-refractivity contribution in [3.8, 4) is 0 Å². The Morgan fingerprint density at radius 2 is 1.92 bits per heavy atom. The van der Waals surface area contributed by atoms with Crippen molar-refractivity contribution in [2.75, 3.05) is 6.61 Å². The molecule has 0 bridgehead atoms. The number of ether oxygens (including phenoxy) is 1. The third-order valence-corrected chi connectivity index (χ3v) is 3.77. The first-order valence-corrected chi connectivity index (χ1v) is 9.23. The number of alkyl carbamates (subject to hydrolysis) is 1. The smallest absolute Gasteiger partial charge is 0.407 e. The van der Waals surface area contributed by atoms with E-state index in [1.807, 2.05) is 30.4 Å². The van der Waals surface area contributed by atoms with Crippen LogP contribution in [0.2, 0.25) is 0 Å². The Hall–Kier alpha value is -2.56. The van der Waals surface area contributed by atoms with Gasteiger partial charge in [0.2, 0.25) is 5.91 Å². The highest BCUT2D eigenvalue weighted by Gasteiger charge is 2.07. The van der Waals surface area contributed by atoms with E-state index in [-0.39, 0.29) is 0 Å². The van der Waals surface area contributed by atoms with E-state index in [2.05, 4.69) is 24.4 Å². The molecule has 3 N–H and O–H groups in total. The van der Waals surface area contributed by atoms with E-state index in [0.717, 1.165) is 38.5 Å². The monoisotopic (exact) mass is 358 g/mol. The van der Waals surface area contributed by atoms with Crippen LogP contribution >= 0.6 is 0 Å². The fourth-order valence-electron chi connectivity index (χ4n) is 2.37. The molecule has 142 valence electrons. The number of nitrogens with two attached hydrogens (primary N) is 1. The molecule has 1 unspecified atom stereocenters. The first kappa shape index (κ1) is 21.5. The van der Waals surface area contributed by atoms with E-state index in [9.17, 15) is 9.59 Å². The van der Waals surface area contributed by atoms with Crippen molar-refractivity contribution in [1.29, 1.82) is 0 Å². The van der Waals surface area contributed by atoms with Crippen LogP contribution in [-0.2, 0) is 16.0 Å². The van der Waals surface area contributed by atoms with Crippen LogP contribution in [0.4, 0.5) is 4.79 Å². The number of unbranched alkanes of at least 4 members (excludes halogenated alkanes) is 3. The molecule has 0 heterocycles. The van der Waals surface area contributed by atoms with Gasteiger partial charge in [0.05, 0.1) is 12.6 Å². The van der Waals surface area contributed by atoms with Crippen molar-refractivity contribution in [1.82, 2.24) is 5.32 Å². The Morgan fingerprint density at radius 1 is 1.15 bits per heavy atom. The predicted octanol–water partition coefficient (Wildman–Crippen LogP) is 3.89. The van der Waals surface area contributed by atoms with Gasteiger partial charge in [0.1, 0.15) is 0 Å². The number of hydrogen-bond acceptors (Lipinski definition) is 3. The molecule has 1 aromatic rings. The molecule has 5 nitrogen and oxygen atoms in total. The fourth-order valence-corrected chi connectivity index (χ4v) is 2.37. The van der Waals surface area contributed by atoms with E-state index in [1.54, 1.807) is 6.08 Å². The minimum absolute atomic E-state index is 0.399. The molecule has 0 fully saturated rings. The van der Waals surface area contributed by atoms with Crippen molar-refractivity contribution in [2.24, 2.45) is 5.73 Å². The van der Waals surface area contributed by atoms with Crippen molar-refractivity contribution < 1.29 is 14.3 Å². The maximum Gasteiger partial charge on any atom is 0.407 e. The summed E-state index contributed by atoms with van der Waals surface area (Å²) in [5.41, 5.74) is 6.39. The second-order valence-corrected chi connectivity index (χ2v) is 6.08. The zero-order valence-corrected chi connectivity index (χ0v) is 15.5. The molecule has 0 aliphatic carbocycles. The van der Waals surface area contributed by atoms with Gasteiger partial charge in [-0.25, -0.2) is 4.79 Å². The lowest BCUT2D eigenvalue weighted by Gasteiger charge is -2.11. The van der Waals surface area contributed by atoms with Crippen molar-refractivity contribution in [3.63, 3.8) is 0 Å². The molecule has 5 heteroatoms. The Kier molecular flexibility index (Phi) is 11.3. The SMILES string of the molecule is CCCCCCOC(=O)NC(/C=C\CCc1ccccc1)/C=C/C(N)=O. The number of amides is 2. The lowest BCUT2D eigenvalue weighted by atomic mass is 10.1. The molecule has 1 atom stereocenters. The number of primary amides is 1. The van der Waals surface area contributed by atoms with Gasteiger partial charge in [0, 0.05) is 6.08 Å². The summed E-state index contributed by atoms with van der Waals surface area (Å²) in [7, 11) is 0. The number of carbonyl (C=O) groups is 2. The molecule has 0 radical (unpaired) electrons. The van der Waals surface area contributed by atoms with E-state index < -0.39 is 18.0 Å². The summed E-state index contributed by atoms with van der Waals surface area (Å²) in [5.74, 6) is -0.553. The van der Waals surface area contributed by atoms with Gasteiger partial charge < -0.3 is 15.8 Å². The minimum atomic E-state index is -0.553. The molecule has 0 saturated heterocycles. The van der Waals surface area contributed by atoms with Crippen molar-refractivity contribution in [3.05, 3.63) is 60.2 Å². The predicted molar refractivity (Wildman–Crippen MR) is 105 cm³/mol. The van der Waals surface area contributed by atoms with E-state index in [1.165, 1.54) is 11.6 Å². The largest absolute Gasteiger partial charge is 0.450 e. The number of aryl methyl sites for hydroxylation is 1. The number of benzene rings is 1. The van der Waals surface area contributed by atoms with Crippen LogP contribution in [0.15, 0.2) is 54.6 Å². The summed E-state index contributed by atoms with van der Waals surface area (Å²) in [6, 6.07) is 9.73. The van der Waals surface area contributed by atoms with Gasteiger partial charge in [-0.3, -0.25) is 4.79 Å². The fraction of sp³-hybridized carbons (Fsp3) is 0.429. The lowest BCUT2D eigenvalue weighted by molar-refractivity contribution is -0.113. The zero-order chi connectivity index (χ0) is 19.0. The maximum atomic E-state index is 11.9. The van der Waals surface area contributed by atoms with Crippen LogP contribution in [0, 0.1) is 0 Å². The standard InChI is InChI=1S/C21H30N2O3/c1-2-3-4-10-17-26-21(25)23-19(15-16-20(22)24)14-9-8-13-18-11-6-5-7-12-18/h5-7,9,11-12,14-16,19H,2-4,8,10,13,17H2,1H3,(H2,22,24)(H,23,25)/b14-9-,16-15+. The summed E-state index contributed by atoms with van der Waals surface area (Å²) in [4.78, 5) is 22.8. The van der Waals surface area contributed by atoms with E-state index in [0.29, 0.717) is 6.61 Å². The first-order chi connectivity index (χ1) is 12.6. The molecule has 26 heavy (non-hydrogen) atoms. The normalized spacial score (nSPS) is 12.3. The summed E-state index contributed by atoms with van der Waals surface area (Å²) in [6.45, 7) is 2.53. The van der Waals surface area contributed by atoms with Gasteiger partial charge in [-0.15, -0.1) is 0 Å². The van der Waals surface area contributed by atoms with Gasteiger partial charge in [-0.1, -0.05) is 74.7 Å². The summed E-state index contributed by atoms with van der Waals surface area (Å²) in [6.07, 6.45) is 12.0. The van der Waals surface area contributed by atoms with Crippen LogP contribution in [-0.4, -0.2) is 24.6 Å². The van der Waals surface area contributed by atoms with Crippen molar-refractivity contribution >= 4 is 12.0 Å². The number of carbonyl (C=O) groups excluding carboxylic acids is 2. The summed E-state index contributed by atoms with van der Waals surface area (Å²) >= 11 is 0. The second kappa shape index (κ2) is 13.7. The molecule has 2 amide bonds. The number of allylic oxidation sites excluding steroid dienone is 1. The van der Waals surface area contributed by atoms with E-state index in [4.69, 9.17) is 10.5 Å². The molecule has 0 aliphatic rings. The number of hydrogen-bond donors (Lipinski definition) is 2. The third kappa shape index (κ3) is 11.1. The van der Waals surface area contributed by atoms with Gasteiger partial charge in [0.15, 0.2) is 0 Å². The van der Waals surface area contributed by atoms with Crippen LogP contribution < -0.4 is 11.1 Å². The Labute approximate surface area is 156 Å². The maximum absolute atomic E-state index is 11.9. The number of nitrogens with one attached hydrogen (secondary N) is 1. The highest BCUT2D eigenvalue weighted by atomic mass is 16.5. The first-order valence-electron chi connectivity index (χ1n) is 9.23. The van der Waals surface area contributed by atoms with Crippen LogP contribution in [0.1, 0.15) is 44.6 Å². The van der Waals surface area contributed by atoms with Crippen molar-refractivity contribution in [2.45, 2.75) is 51.5 Å². The lowest BCUT2D eigenvalue weighted by Crippen LogP contribution is -2.33. The average molecular weight is 358 g/mol. The molecule has 0 saturated carbocycles. The molecule has 0 aromatic heterocycles.